The molecule has 5 rings (SSSR count). The number of aliphatic imine (C=N–C) groups is 2. The maximum absolute atomic E-state index is 7.22. The van der Waals surface area contributed by atoms with Crippen molar-refractivity contribution in [2.24, 2.45) is 9.98 Å². The zero-order valence-electron chi connectivity index (χ0n) is 32.1. The fourth-order valence-electron chi connectivity index (χ4n) is 6.45. The third-order valence-electron chi connectivity index (χ3n) is 9.61. The summed E-state index contributed by atoms with van der Waals surface area (Å²) in [5, 5.41) is 0. The van der Waals surface area contributed by atoms with Gasteiger partial charge < -0.3 is 0 Å². The van der Waals surface area contributed by atoms with E-state index in [1.807, 2.05) is 18.2 Å². The van der Waals surface area contributed by atoms with Gasteiger partial charge in [0.2, 0.25) is 0 Å². The Hall–Kier alpha value is -2.64. The number of rotatable bonds is 3. The third kappa shape index (κ3) is 9.38. The fourth-order valence-corrected chi connectivity index (χ4v) is 10.5. The summed E-state index contributed by atoms with van der Waals surface area (Å²) >= 11 is -3.92. The van der Waals surface area contributed by atoms with Gasteiger partial charge in [-0.3, -0.25) is 0 Å². The van der Waals surface area contributed by atoms with E-state index in [4.69, 9.17) is 18.5 Å². The molecule has 0 radical (unpaired) electrons. The molecule has 2 aliphatic rings. The molecule has 262 valence electrons. The molecule has 49 heavy (non-hydrogen) atoms. The van der Waals surface area contributed by atoms with Gasteiger partial charge in [-0.1, -0.05) is 0 Å². The summed E-state index contributed by atoms with van der Waals surface area (Å²) in [7, 11) is 0. The molecule has 1 fully saturated rings. The van der Waals surface area contributed by atoms with Crippen molar-refractivity contribution in [1.82, 2.24) is 4.98 Å². The molecule has 0 N–H and O–H groups in total. The van der Waals surface area contributed by atoms with E-state index < -0.39 is 22.7 Å². The summed E-state index contributed by atoms with van der Waals surface area (Å²) in [6.45, 7) is 27.4. The average Bonchev–Trinajstić information content (AvgIpc) is 3.01. The van der Waals surface area contributed by atoms with Gasteiger partial charge in [0.05, 0.1) is 0 Å². The minimum atomic E-state index is -3.92. The van der Waals surface area contributed by atoms with Crippen LogP contribution in [0.1, 0.15) is 148 Å². The van der Waals surface area contributed by atoms with Crippen molar-refractivity contribution in [2.75, 3.05) is 0 Å². The predicted octanol–water partition coefficient (Wildman–Crippen LogP) is 10.1. The molecule has 1 aromatic heterocycles. The molecule has 1 aliphatic heterocycles. The maximum atomic E-state index is 7.22. The summed E-state index contributed by atoms with van der Waals surface area (Å²) < 4.78 is 21.2. The second-order valence-corrected chi connectivity index (χ2v) is 22.0. The van der Waals surface area contributed by atoms with Crippen molar-refractivity contribution in [2.45, 2.75) is 149 Å². The summed E-state index contributed by atoms with van der Waals surface area (Å²) in [6, 6.07) is 15.3. The Balaban J connectivity index is 1.78. The van der Waals surface area contributed by atoms with Gasteiger partial charge in [0, 0.05) is 0 Å². The van der Waals surface area contributed by atoms with Gasteiger partial charge in [0.15, 0.2) is 0 Å². The van der Waals surface area contributed by atoms with Crippen molar-refractivity contribution < 1.29 is 8.56 Å². The topological polar surface area (TPSA) is 65.3 Å². The Labute approximate surface area is 305 Å². The van der Waals surface area contributed by atoms with Crippen LogP contribution in [0.15, 0.2) is 58.6 Å². The van der Waals surface area contributed by atoms with Crippen molar-refractivity contribution in [1.29, 1.82) is 0 Å². The van der Waals surface area contributed by atoms with Crippen LogP contribution in [0.25, 0.3) is 0 Å². The number of hydrogen-bond acceptors (Lipinski definition) is 6. The molecule has 1 saturated carbocycles. The normalized spacial score (nSPS) is 19.0. The van der Waals surface area contributed by atoms with Crippen LogP contribution in [0.5, 0.6) is 11.5 Å². The van der Waals surface area contributed by atoms with Gasteiger partial charge in [-0.05, 0) is 0 Å². The second-order valence-electron chi connectivity index (χ2n) is 18.0. The molecule has 1 aliphatic carbocycles. The van der Waals surface area contributed by atoms with E-state index in [1.165, 1.54) is 11.1 Å². The van der Waals surface area contributed by atoms with Crippen LogP contribution in [0.4, 0.5) is 0 Å². The van der Waals surface area contributed by atoms with E-state index in [-0.39, 0.29) is 33.7 Å². The molecule has 7 heteroatoms. The molecule has 0 unspecified atom stereocenters. The molecule has 0 amide bonds. The average molecular weight is 768 g/mol. The second kappa shape index (κ2) is 14.5. The summed E-state index contributed by atoms with van der Waals surface area (Å²) in [4.78, 5) is 15.2. The first kappa shape index (κ1) is 37.6. The molecular formula is C42H58InN3O3. The van der Waals surface area contributed by atoms with Gasteiger partial charge in [-0.2, -0.15) is 0 Å². The molecule has 2 aromatic carbocycles. The van der Waals surface area contributed by atoms with Gasteiger partial charge in [-0.25, -0.2) is 0 Å². The van der Waals surface area contributed by atoms with E-state index in [1.54, 1.807) is 6.20 Å². The van der Waals surface area contributed by atoms with Gasteiger partial charge >= 0.3 is 307 Å². The van der Waals surface area contributed by atoms with Crippen LogP contribution in [0, 0.1) is 0 Å². The Kier molecular flexibility index (Phi) is 11.2. The van der Waals surface area contributed by atoms with Crippen molar-refractivity contribution in [3.8, 4) is 11.5 Å². The van der Waals surface area contributed by atoms with E-state index in [9.17, 15) is 0 Å². The number of nitrogens with zero attached hydrogens (tertiary/aromatic N) is 3. The van der Waals surface area contributed by atoms with Gasteiger partial charge in [0.1, 0.15) is 0 Å². The Morgan fingerprint density at radius 1 is 0.653 bits per heavy atom. The van der Waals surface area contributed by atoms with Crippen molar-refractivity contribution in [3.05, 3.63) is 87.7 Å². The SMILES string of the molecule is CC(C)(C)c1cc2c(c(C(C)(C)C)c1)[O][In]([O]Cc1ccccn1)[O]c1c(cc(C(C)(C)C)cc1C(C)(C)C)C=N[C@H]1CCCC[C@@H]1N=C2. The van der Waals surface area contributed by atoms with E-state index in [0.717, 1.165) is 65.1 Å². The van der Waals surface area contributed by atoms with Gasteiger partial charge in [0.25, 0.3) is 0 Å². The Bertz CT molecular complexity index is 1570. The van der Waals surface area contributed by atoms with E-state index in [0.29, 0.717) is 6.61 Å². The van der Waals surface area contributed by atoms with Crippen LogP contribution < -0.4 is 5.71 Å². The van der Waals surface area contributed by atoms with E-state index >= 15 is 0 Å². The number of aromatic nitrogens is 1. The molecule has 0 spiro atoms. The summed E-state index contributed by atoms with van der Waals surface area (Å²) in [5.74, 6) is 1.65. The number of benzene rings is 2. The quantitative estimate of drug-likeness (QED) is 0.266. The molecule has 2 atom stereocenters. The number of fused-ring (bicyclic) bond motifs is 3. The molecule has 0 saturated heterocycles. The van der Waals surface area contributed by atoms with Crippen LogP contribution in [0.2, 0.25) is 0 Å². The van der Waals surface area contributed by atoms with Crippen molar-refractivity contribution in [3.63, 3.8) is 0 Å². The third-order valence-corrected chi connectivity index (χ3v) is 13.3. The van der Waals surface area contributed by atoms with Crippen LogP contribution >= 0.6 is 0 Å². The Morgan fingerprint density at radius 2 is 1.12 bits per heavy atom. The molecular weight excluding hydrogens is 709 g/mol. The molecule has 0 bridgehead atoms. The van der Waals surface area contributed by atoms with E-state index in [2.05, 4.69) is 125 Å². The van der Waals surface area contributed by atoms with Crippen LogP contribution in [-0.2, 0) is 31.1 Å². The molecule has 3 aromatic rings. The zero-order chi connectivity index (χ0) is 35.8. The van der Waals surface area contributed by atoms with Crippen molar-refractivity contribution >= 4 is 35.2 Å². The zero-order valence-corrected chi connectivity index (χ0v) is 35.4. The van der Waals surface area contributed by atoms with Crippen LogP contribution in [-0.4, -0.2) is 52.2 Å². The Morgan fingerprint density at radius 3 is 1.51 bits per heavy atom. The van der Waals surface area contributed by atoms with Crippen LogP contribution in [0.3, 0.4) is 0 Å². The monoisotopic (exact) mass is 767 g/mol. The first-order valence-corrected chi connectivity index (χ1v) is 22.1. The first-order valence-electron chi connectivity index (χ1n) is 18.1. The fraction of sp³-hybridized carbons (Fsp3) is 0.548. The standard InChI is InChI=1S/C36H54N2O2.C6H6NO.In/c1-33(2,3)25-17-23(31(39)27(19-25)35(7,8)9)21-37-29-15-13-14-16-30(29)38-22-24-18-26(34(4,5)6)20-28(32(24)40)36(10,11)12;8-5-6-3-1-2-4-7-6;/h17-22,29-30,39-40H,13-16H2,1-12H3;1-4H,5H2;/q;-1;+3/p-2/t29-,30-;;/m0../s1. The summed E-state index contributed by atoms with van der Waals surface area (Å²) in [5.41, 5.74) is 7.10. The number of hydrogen-bond donors (Lipinski definition) is 0. The molecule has 2 heterocycles. The predicted molar refractivity (Wildman–Crippen MR) is 205 cm³/mol. The number of pyridine rings is 1. The first-order chi connectivity index (χ1) is 22.8. The minimum absolute atomic E-state index is 0.0539. The van der Waals surface area contributed by atoms with Gasteiger partial charge in [-0.15, -0.1) is 0 Å². The molecule has 6 nitrogen and oxygen atoms in total. The summed E-state index contributed by atoms with van der Waals surface area (Å²) in [6.07, 6.45) is 10.3.